The Labute approximate surface area is 188 Å². The number of benzene rings is 1. The Morgan fingerprint density at radius 1 is 1.25 bits per heavy atom. The lowest BCUT2D eigenvalue weighted by molar-refractivity contribution is -0.133. The molecule has 3 rings (SSSR count). The zero-order valence-corrected chi connectivity index (χ0v) is 19.0. The van der Waals surface area contributed by atoms with Crippen molar-refractivity contribution in [3.63, 3.8) is 0 Å². The van der Waals surface area contributed by atoms with Crippen LogP contribution in [0.3, 0.4) is 0 Å². The summed E-state index contributed by atoms with van der Waals surface area (Å²) in [6.07, 6.45) is 0.570. The number of carbonyl (C=O) groups is 4. The summed E-state index contributed by atoms with van der Waals surface area (Å²) >= 11 is 1.22. The Hall–Kier alpha value is -3.27. The normalized spacial score (nSPS) is 18.0. The largest absolute Gasteiger partial charge is 0.462 e. The monoisotopic (exact) mass is 461 g/mol. The van der Waals surface area contributed by atoms with Gasteiger partial charge in [-0.3, -0.25) is 14.5 Å². The molecule has 2 aromatic rings. The Kier molecular flexibility index (Phi) is 6.63. The molecule has 170 valence electrons. The summed E-state index contributed by atoms with van der Waals surface area (Å²) in [5, 5.41) is 5.39. The first-order valence-corrected chi connectivity index (χ1v) is 10.9. The number of imide groups is 1. The SMILES string of the molecule is CCOC(=O)c1c(NC(=O)CN2C(=O)NC(C)(c3ccccc3F)C2=O)sc(C)c1CC. The van der Waals surface area contributed by atoms with Crippen LogP contribution in [0, 0.1) is 12.7 Å². The van der Waals surface area contributed by atoms with Gasteiger partial charge in [0.2, 0.25) is 5.91 Å². The summed E-state index contributed by atoms with van der Waals surface area (Å²) in [6.45, 7) is 6.39. The molecule has 2 heterocycles. The topological polar surface area (TPSA) is 105 Å². The van der Waals surface area contributed by atoms with Crippen molar-refractivity contribution in [1.29, 1.82) is 0 Å². The van der Waals surface area contributed by atoms with E-state index in [9.17, 15) is 23.6 Å². The van der Waals surface area contributed by atoms with Crippen molar-refractivity contribution in [1.82, 2.24) is 10.2 Å². The molecule has 1 saturated heterocycles. The molecular formula is C22H24FN3O5S. The van der Waals surface area contributed by atoms with E-state index in [1.54, 1.807) is 13.0 Å². The van der Waals surface area contributed by atoms with E-state index in [-0.39, 0.29) is 17.7 Å². The summed E-state index contributed by atoms with van der Waals surface area (Å²) in [7, 11) is 0. The number of nitrogens with one attached hydrogen (secondary N) is 2. The van der Waals surface area contributed by atoms with Crippen molar-refractivity contribution in [2.75, 3.05) is 18.5 Å². The lowest BCUT2D eigenvalue weighted by Crippen LogP contribution is -2.42. The first-order chi connectivity index (χ1) is 15.1. The maximum Gasteiger partial charge on any atom is 0.341 e. The van der Waals surface area contributed by atoms with E-state index in [0.717, 1.165) is 15.3 Å². The van der Waals surface area contributed by atoms with Crippen molar-refractivity contribution in [2.24, 2.45) is 0 Å². The van der Waals surface area contributed by atoms with Crippen LogP contribution in [0.2, 0.25) is 0 Å². The van der Waals surface area contributed by atoms with Gasteiger partial charge in [-0.15, -0.1) is 11.3 Å². The van der Waals surface area contributed by atoms with Crippen LogP contribution in [0.25, 0.3) is 0 Å². The number of rotatable bonds is 7. The van der Waals surface area contributed by atoms with Crippen molar-refractivity contribution >= 4 is 40.2 Å². The van der Waals surface area contributed by atoms with Gasteiger partial charge in [0.15, 0.2) is 0 Å². The lowest BCUT2D eigenvalue weighted by atomic mass is 9.91. The third kappa shape index (κ3) is 4.10. The molecule has 2 N–H and O–H groups in total. The minimum absolute atomic E-state index is 0.00678. The molecule has 1 unspecified atom stereocenters. The van der Waals surface area contributed by atoms with E-state index in [2.05, 4.69) is 10.6 Å². The average molecular weight is 462 g/mol. The van der Waals surface area contributed by atoms with Crippen LogP contribution >= 0.6 is 11.3 Å². The van der Waals surface area contributed by atoms with Crippen molar-refractivity contribution in [3.8, 4) is 0 Å². The predicted octanol–water partition coefficient (Wildman–Crippen LogP) is 3.34. The minimum Gasteiger partial charge on any atom is -0.462 e. The van der Waals surface area contributed by atoms with E-state index in [1.165, 1.54) is 36.5 Å². The van der Waals surface area contributed by atoms with Crippen LogP contribution in [-0.4, -0.2) is 41.9 Å². The number of halogens is 1. The van der Waals surface area contributed by atoms with Crippen LogP contribution < -0.4 is 10.6 Å². The van der Waals surface area contributed by atoms with Gasteiger partial charge in [-0.25, -0.2) is 14.0 Å². The standard InChI is InChI=1S/C22H24FN3O5S/c1-5-13-12(3)32-18(17(13)19(28)31-6-2)24-16(27)11-26-20(29)22(4,25-21(26)30)14-9-7-8-10-15(14)23/h7-10H,5-6,11H2,1-4H3,(H,24,27)(H,25,30). The first-order valence-electron chi connectivity index (χ1n) is 10.1. The maximum atomic E-state index is 14.3. The highest BCUT2D eigenvalue weighted by Crippen LogP contribution is 2.34. The fourth-order valence-electron chi connectivity index (χ4n) is 3.71. The van der Waals surface area contributed by atoms with Crippen molar-refractivity contribution < 1.29 is 28.3 Å². The molecule has 32 heavy (non-hydrogen) atoms. The first kappa shape index (κ1) is 23.4. The van der Waals surface area contributed by atoms with Crippen LogP contribution in [-0.2, 0) is 26.3 Å². The number of hydrogen-bond donors (Lipinski definition) is 2. The van der Waals surface area contributed by atoms with Gasteiger partial charge in [-0.1, -0.05) is 25.1 Å². The number of hydrogen-bond acceptors (Lipinski definition) is 6. The van der Waals surface area contributed by atoms with E-state index in [0.29, 0.717) is 11.4 Å². The van der Waals surface area contributed by atoms with Gasteiger partial charge in [0.05, 0.1) is 12.2 Å². The second-order valence-corrected chi connectivity index (χ2v) is 8.61. The van der Waals surface area contributed by atoms with Gasteiger partial charge in [0.25, 0.3) is 5.91 Å². The van der Waals surface area contributed by atoms with E-state index in [1.807, 2.05) is 13.8 Å². The summed E-state index contributed by atoms with van der Waals surface area (Å²) in [6, 6.07) is 4.82. The fourth-order valence-corrected chi connectivity index (χ4v) is 4.86. The molecule has 0 saturated carbocycles. The number of aryl methyl sites for hydroxylation is 1. The molecule has 0 bridgehead atoms. The highest BCUT2D eigenvalue weighted by Gasteiger charge is 2.50. The Bertz CT molecular complexity index is 1100. The fraction of sp³-hybridized carbons (Fsp3) is 0.364. The van der Waals surface area contributed by atoms with Gasteiger partial charge in [-0.05, 0) is 38.8 Å². The van der Waals surface area contributed by atoms with Crippen LogP contribution in [0.4, 0.5) is 14.2 Å². The Morgan fingerprint density at radius 2 is 1.94 bits per heavy atom. The molecule has 8 nitrogen and oxygen atoms in total. The number of anilines is 1. The molecule has 1 aromatic heterocycles. The predicted molar refractivity (Wildman–Crippen MR) is 117 cm³/mol. The lowest BCUT2D eigenvalue weighted by Gasteiger charge is -2.22. The van der Waals surface area contributed by atoms with E-state index >= 15 is 0 Å². The summed E-state index contributed by atoms with van der Waals surface area (Å²) in [5.41, 5.74) is -0.579. The molecule has 1 aliphatic rings. The average Bonchev–Trinajstić information content (AvgIpc) is 3.16. The van der Waals surface area contributed by atoms with Crippen LogP contribution in [0.1, 0.15) is 47.1 Å². The quantitative estimate of drug-likeness (QED) is 0.486. The molecule has 0 aliphatic carbocycles. The molecule has 10 heteroatoms. The number of thiophene rings is 1. The molecule has 1 fully saturated rings. The molecule has 0 spiro atoms. The summed E-state index contributed by atoms with van der Waals surface area (Å²) < 4.78 is 19.4. The van der Waals surface area contributed by atoms with Gasteiger partial charge >= 0.3 is 12.0 Å². The highest BCUT2D eigenvalue weighted by molar-refractivity contribution is 7.16. The van der Waals surface area contributed by atoms with Gasteiger partial charge in [0.1, 0.15) is 22.9 Å². The number of nitrogens with zero attached hydrogens (tertiary/aromatic N) is 1. The van der Waals surface area contributed by atoms with Crippen molar-refractivity contribution in [2.45, 2.75) is 39.7 Å². The van der Waals surface area contributed by atoms with Gasteiger partial charge < -0.3 is 15.4 Å². The smallest absolute Gasteiger partial charge is 0.341 e. The van der Waals surface area contributed by atoms with Crippen LogP contribution in [0.15, 0.2) is 24.3 Å². The van der Waals surface area contributed by atoms with Crippen LogP contribution in [0.5, 0.6) is 0 Å². The highest BCUT2D eigenvalue weighted by atomic mass is 32.1. The molecule has 1 aromatic carbocycles. The number of ether oxygens (including phenoxy) is 1. The third-order valence-corrected chi connectivity index (χ3v) is 6.35. The molecule has 1 aliphatic heterocycles. The minimum atomic E-state index is -1.63. The Balaban J connectivity index is 1.82. The van der Waals surface area contributed by atoms with Gasteiger partial charge in [-0.2, -0.15) is 0 Å². The molecule has 1 atom stereocenters. The number of urea groups is 1. The third-order valence-electron chi connectivity index (χ3n) is 5.28. The second-order valence-electron chi connectivity index (χ2n) is 7.39. The summed E-state index contributed by atoms with van der Waals surface area (Å²) in [5.74, 6) is -2.60. The van der Waals surface area contributed by atoms with Gasteiger partial charge in [0, 0.05) is 10.4 Å². The van der Waals surface area contributed by atoms with E-state index < -0.39 is 41.7 Å². The number of esters is 1. The molecule has 0 radical (unpaired) electrons. The summed E-state index contributed by atoms with van der Waals surface area (Å²) in [4.78, 5) is 52.2. The molecular weight excluding hydrogens is 437 g/mol. The number of carbonyl (C=O) groups excluding carboxylic acids is 4. The second kappa shape index (κ2) is 9.07. The van der Waals surface area contributed by atoms with Crippen molar-refractivity contribution in [3.05, 3.63) is 51.7 Å². The number of amides is 4. The zero-order chi connectivity index (χ0) is 23.6. The Morgan fingerprint density at radius 3 is 2.56 bits per heavy atom. The zero-order valence-electron chi connectivity index (χ0n) is 18.2. The maximum absolute atomic E-state index is 14.3. The van der Waals surface area contributed by atoms with E-state index in [4.69, 9.17) is 4.74 Å². The molecule has 4 amide bonds.